The van der Waals surface area contributed by atoms with Crippen molar-refractivity contribution in [2.24, 2.45) is 0 Å². The number of rotatable bonds is 10. The highest BCUT2D eigenvalue weighted by Gasteiger charge is 2.16. The van der Waals surface area contributed by atoms with Gasteiger partial charge < -0.3 is 9.72 Å². The molecule has 8 nitrogen and oxygen atoms in total. The van der Waals surface area contributed by atoms with Gasteiger partial charge in [-0.1, -0.05) is 54.6 Å². The predicted octanol–water partition coefficient (Wildman–Crippen LogP) is 4.43. The highest BCUT2D eigenvalue weighted by molar-refractivity contribution is 5.85. The van der Waals surface area contributed by atoms with E-state index < -0.39 is 0 Å². The van der Waals surface area contributed by atoms with Gasteiger partial charge in [-0.2, -0.15) is 0 Å². The molecule has 0 aliphatic rings. The monoisotopic (exact) mass is 508 g/mol. The lowest BCUT2D eigenvalue weighted by atomic mass is 10.0. The summed E-state index contributed by atoms with van der Waals surface area (Å²) in [6.07, 6.45) is 0.852. The van der Waals surface area contributed by atoms with Crippen molar-refractivity contribution in [1.29, 1.82) is 0 Å². The first kappa shape index (κ1) is 25.4. The number of fused-ring (bicyclic) bond motifs is 1. The van der Waals surface area contributed by atoms with Crippen LogP contribution in [-0.4, -0.2) is 43.7 Å². The van der Waals surface area contributed by atoms with Crippen molar-refractivity contribution in [2.45, 2.75) is 39.9 Å². The van der Waals surface area contributed by atoms with Gasteiger partial charge >= 0.3 is 0 Å². The third-order valence-electron chi connectivity index (χ3n) is 6.94. The zero-order chi connectivity index (χ0) is 26.5. The summed E-state index contributed by atoms with van der Waals surface area (Å²) in [5.41, 5.74) is 6.09. The molecule has 2 heterocycles. The number of hydrogen-bond acceptors (Lipinski definition) is 6. The predicted molar refractivity (Wildman–Crippen MR) is 148 cm³/mol. The van der Waals surface area contributed by atoms with E-state index in [2.05, 4.69) is 50.5 Å². The molecular weight excluding hydrogens is 476 g/mol. The minimum atomic E-state index is -0.0614. The highest BCUT2D eigenvalue weighted by atomic mass is 16.5. The van der Waals surface area contributed by atoms with E-state index in [1.54, 1.807) is 7.11 Å². The van der Waals surface area contributed by atoms with Crippen molar-refractivity contribution in [3.8, 4) is 5.75 Å². The Bertz CT molecular complexity index is 1570. The molecule has 5 aromatic rings. The molecule has 0 fully saturated rings. The number of nitrogens with zero attached hydrogens (tertiary/aromatic N) is 5. The van der Waals surface area contributed by atoms with E-state index in [0.29, 0.717) is 19.6 Å². The Kier molecular flexibility index (Phi) is 7.60. The molecule has 0 unspecified atom stereocenters. The summed E-state index contributed by atoms with van der Waals surface area (Å²) >= 11 is 0. The molecular formula is C30H32N6O2. The Morgan fingerprint density at radius 2 is 1.68 bits per heavy atom. The van der Waals surface area contributed by atoms with Crippen LogP contribution in [-0.2, 0) is 26.1 Å². The molecule has 0 bridgehead atoms. The number of pyridine rings is 1. The number of tetrazole rings is 1. The third kappa shape index (κ3) is 5.81. The summed E-state index contributed by atoms with van der Waals surface area (Å²) < 4.78 is 7.08. The lowest BCUT2D eigenvalue weighted by molar-refractivity contribution is 0.248. The van der Waals surface area contributed by atoms with Crippen LogP contribution in [0.15, 0.2) is 77.6 Å². The van der Waals surface area contributed by atoms with Gasteiger partial charge in [-0.3, -0.25) is 9.69 Å². The molecule has 0 saturated heterocycles. The Labute approximate surface area is 221 Å². The second-order valence-electron chi connectivity index (χ2n) is 9.66. The first-order valence-electron chi connectivity index (χ1n) is 12.8. The van der Waals surface area contributed by atoms with E-state index in [1.165, 1.54) is 5.56 Å². The molecule has 0 aliphatic carbocycles. The molecule has 2 aromatic heterocycles. The van der Waals surface area contributed by atoms with Gasteiger partial charge in [-0.25, -0.2) is 4.68 Å². The van der Waals surface area contributed by atoms with Crippen LogP contribution in [0.1, 0.15) is 33.6 Å². The summed E-state index contributed by atoms with van der Waals surface area (Å²) in [7, 11) is 1.65. The maximum Gasteiger partial charge on any atom is 0.252 e. The fourth-order valence-corrected chi connectivity index (χ4v) is 4.69. The Hall–Kier alpha value is -4.30. The van der Waals surface area contributed by atoms with E-state index in [-0.39, 0.29) is 5.56 Å². The molecule has 5 rings (SSSR count). The van der Waals surface area contributed by atoms with Crippen LogP contribution in [0.25, 0.3) is 10.9 Å². The zero-order valence-electron chi connectivity index (χ0n) is 22.0. The van der Waals surface area contributed by atoms with Crippen LogP contribution >= 0.6 is 0 Å². The standard InChI is InChI=1S/C30H32N6O2/c1-21-9-10-22(2)29-27(21)17-25(30(37)31-29)19-35(16-15-23-7-5-4-6-8-23)20-28-32-33-34-36(28)18-24-11-13-26(38-3)14-12-24/h4-14,17H,15-16,18-20H2,1-3H3,(H,31,37). The van der Waals surface area contributed by atoms with Crippen molar-refractivity contribution < 1.29 is 4.74 Å². The van der Waals surface area contributed by atoms with Gasteiger partial charge in [-0.05, 0) is 71.1 Å². The fourth-order valence-electron chi connectivity index (χ4n) is 4.69. The van der Waals surface area contributed by atoms with Gasteiger partial charge in [0.1, 0.15) is 5.75 Å². The Morgan fingerprint density at radius 3 is 2.45 bits per heavy atom. The third-order valence-corrected chi connectivity index (χ3v) is 6.94. The van der Waals surface area contributed by atoms with E-state index >= 15 is 0 Å². The van der Waals surface area contributed by atoms with Gasteiger partial charge in [0.15, 0.2) is 5.82 Å². The largest absolute Gasteiger partial charge is 0.497 e. The molecule has 194 valence electrons. The quantitative estimate of drug-likeness (QED) is 0.300. The minimum Gasteiger partial charge on any atom is -0.497 e. The van der Waals surface area contributed by atoms with Crippen LogP contribution in [0.3, 0.4) is 0 Å². The molecule has 0 aliphatic heterocycles. The minimum absolute atomic E-state index is 0.0614. The number of nitrogens with one attached hydrogen (secondary N) is 1. The summed E-state index contributed by atoms with van der Waals surface area (Å²) in [5.74, 6) is 1.56. The molecule has 38 heavy (non-hydrogen) atoms. The molecule has 1 N–H and O–H groups in total. The molecule has 0 radical (unpaired) electrons. The Morgan fingerprint density at radius 1 is 0.921 bits per heavy atom. The topological polar surface area (TPSA) is 88.9 Å². The number of H-pyrrole nitrogens is 1. The van der Waals surface area contributed by atoms with Crippen molar-refractivity contribution in [3.63, 3.8) is 0 Å². The normalized spacial score (nSPS) is 11.4. The van der Waals surface area contributed by atoms with Gasteiger partial charge in [0.2, 0.25) is 0 Å². The van der Waals surface area contributed by atoms with Crippen LogP contribution in [0.5, 0.6) is 5.75 Å². The molecule has 8 heteroatoms. The maximum atomic E-state index is 13.1. The van der Waals surface area contributed by atoms with Crippen LogP contribution in [0, 0.1) is 13.8 Å². The average molecular weight is 509 g/mol. The number of benzene rings is 3. The first-order chi connectivity index (χ1) is 18.5. The fraction of sp³-hybridized carbons (Fsp3) is 0.267. The van der Waals surface area contributed by atoms with Crippen molar-refractivity contribution in [1.82, 2.24) is 30.1 Å². The van der Waals surface area contributed by atoms with Crippen LogP contribution in [0.2, 0.25) is 0 Å². The lowest BCUT2D eigenvalue weighted by Crippen LogP contribution is -2.30. The van der Waals surface area contributed by atoms with Crippen LogP contribution < -0.4 is 10.3 Å². The number of aromatic amines is 1. The second kappa shape index (κ2) is 11.4. The highest BCUT2D eigenvalue weighted by Crippen LogP contribution is 2.21. The van der Waals surface area contributed by atoms with E-state index in [0.717, 1.165) is 57.7 Å². The van der Waals surface area contributed by atoms with E-state index in [4.69, 9.17) is 4.74 Å². The van der Waals surface area contributed by atoms with Crippen molar-refractivity contribution in [2.75, 3.05) is 13.7 Å². The van der Waals surface area contributed by atoms with Gasteiger partial charge in [-0.15, -0.1) is 5.10 Å². The first-order valence-corrected chi connectivity index (χ1v) is 12.8. The summed E-state index contributed by atoms with van der Waals surface area (Å²) in [6.45, 7) is 6.40. The van der Waals surface area contributed by atoms with E-state index in [9.17, 15) is 4.79 Å². The number of aryl methyl sites for hydroxylation is 2. The lowest BCUT2D eigenvalue weighted by Gasteiger charge is -2.22. The Balaban J connectivity index is 1.41. The number of hydrogen-bond donors (Lipinski definition) is 1. The average Bonchev–Trinajstić information content (AvgIpc) is 3.37. The summed E-state index contributed by atoms with van der Waals surface area (Å²) in [5, 5.41) is 13.6. The number of methoxy groups -OCH3 is 1. The van der Waals surface area contributed by atoms with Gasteiger partial charge in [0, 0.05) is 24.0 Å². The summed E-state index contributed by atoms with van der Waals surface area (Å²) in [6, 6.07) is 24.4. The molecule has 3 aromatic carbocycles. The van der Waals surface area contributed by atoms with Gasteiger partial charge in [0.05, 0.1) is 25.7 Å². The van der Waals surface area contributed by atoms with Crippen molar-refractivity contribution >= 4 is 10.9 Å². The smallest absolute Gasteiger partial charge is 0.252 e. The zero-order valence-corrected chi connectivity index (χ0v) is 22.0. The van der Waals surface area contributed by atoms with Crippen molar-refractivity contribution in [3.05, 3.63) is 117 Å². The molecule has 0 saturated carbocycles. The summed E-state index contributed by atoms with van der Waals surface area (Å²) in [4.78, 5) is 18.5. The SMILES string of the molecule is COc1ccc(Cn2nnnc2CN(CCc2ccccc2)Cc2cc3c(C)ccc(C)c3[nH]c2=O)cc1. The van der Waals surface area contributed by atoms with E-state index in [1.807, 2.05) is 66.2 Å². The molecule has 0 spiro atoms. The number of ether oxygens (including phenoxy) is 1. The maximum absolute atomic E-state index is 13.1. The van der Waals surface area contributed by atoms with Gasteiger partial charge in [0.25, 0.3) is 5.56 Å². The molecule has 0 amide bonds. The van der Waals surface area contributed by atoms with Crippen LogP contribution in [0.4, 0.5) is 0 Å². The molecule has 0 atom stereocenters. The number of aromatic nitrogens is 5. The second-order valence-corrected chi connectivity index (χ2v) is 9.66.